The number of amides is 1. The summed E-state index contributed by atoms with van der Waals surface area (Å²) >= 11 is 0. The molecule has 0 bridgehead atoms. The number of hydrogen-bond acceptors (Lipinski definition) is 3. The van der Waals surface area contributed by atoms with Crippen LogP contribution in [0.4, 0.5) is 0 Å². The first-order chi connectivity index (χ1) is 12.3. The van der Waals surface area contributed by atoms with Crippen LogP contribution in [0.5, 0.6) is 0 Å². The number of fused-ring (bicyclic) bond motifs is 1. The molecular weight excluding hydrogens is 322 g/mol. The molecule has 0 radical (unpaired) electrons. The predicted molar refractivity (Wildman–Crippen MR) is 106 cm³/mol. The lowest BCUT2D eigenvalue weighted by molar-refractivity contribution is 0.0912. The van der Waals surface area contributed by atoms with Crippen LogP contribution in [0.2, 0.25) is 0 Å². The Morgan fingerprint density at radius 1 is 1.08 bits per heavy atom. The fourth-order valence-corrected chi connectivity index (χ4v) is 2.66. The highest BCUT2D eigenvalue weighted by atomic mass is 16.1. The number of carbonyl (C=O) groups excluding carboxylic acids is 1. The number of hydrogen-bond donors (Lipinski definition) is 1. The first-order valence-corrected chi connectivity index (χ1v) is 8.89. The zero-order valence-corrected chi connectivity index (χ0v) is 16.0. The Morgan fingerprint density at radius 3 is 2.50 bits per heavy atom. The van der Waals surface area contributed by atoms with Crippen molar-refractivity contribution in [2.75, 3.05) is 0 Å². The monoisotopic (exact) mass is 347 g/mol. The average molecular weight is 347 g/mol. The molecule has 4 nitrogen and oxygen atoms in total. The summed E-state index contributed by atoms with van der Waals surface area (Å²) in [6.45, 7) is 10.4. The highest BCUT2D eigenvalue weighted by Crippen LogP contribution is 2.26. The van der Waals surface area contributed by atoms with Crippen molar-refractivity contribution in [3.05, 3.63) is 59.8 Å². The van der Waals surface area contributed by atoms with Crippen LogP contribution in [-0.2, 0) is 0 Å². The van der Waals surface area contributed by atoms with E-state index in [4.69, 9.17) is 4.98 Å². The lowest BCUT2D eigenvalue weighted by atomic mass is 9.88. The van der Waals surface area contributed by atoms with E-state index >= 15 is 0 Å². The highest BCUT2D eigenvalue weighted by Gasteiger charge is 2.23. The van der Waals surface area contributed by atoms with E-state index in [9.17, 15) is 4.79 Å². The maximum Gasteiger partial charge on any atom is 0.252 e. The molecule has 1 amide bonds. The third-order valence-electron chi connectivity index (χ3n) is 4.78. The first kappa shape index (κ1) is 18.1. The maximum atomic E-state index is 13.1. The second kappa shape index (κ2) is 6.87. The number of benzene rings is 1. The lowest BCUT2D eigenvalue weighted by Gasteiger charge is -2.28. The summed E-state index contributed by atoms with van der Waals surface area (Å²) in [5.41, 5.74) is 3.98. The predicted octanol–water partition coefficient (Wildman–Crippen LogP) is 4.77. The smallest absolute Gasteiger partial charge is 0.252 e. The van der Waals surface area contributed by atoms with Crippen LogP contribution in [0, 0.1) is 12.3 Å². The summed E-state index contributed by atoms with van der Waals surface area (Å²) in [6, 6.07) is 13.6. The SMILES string of the molecule is Cc1ccc2nc(-c3ccccn3)cc(C(=O)N[C@H](C)C(C)(C)C)c2c1. The number of rotatable bonds is 3. The maximum absolute atomic E-state index is 13.1. The van der Waals surface area contributed by atoms with Crippen LogP contribution in [0.1, 0.15) is 43.6 Å². The molecule has 1 atom stereocenters. The molecule has 0 saturated heterocycles. The van der Waals surface area contributed by atoms with Gasteiger partial charge in [0.1, 0.15) is 0 Å². The number of nitrogens with zero attached hydrogens (tertiary/aromatic N) is 2. The first-order valence-electron chi connectivity index (χ1n) is 8.89. The Hall–Kier alpha value is -2.75. The molecule has 0 fully saturated rings. The van der Waals surface area contributed by atoms with Gasteiger partial charge in [0, 0.05) is 17.6 Å². The van der Waals surface area contributed by atoms with Crippen molar-refractivity contribution in [2.45, 2.75) is 40.7 Å². The van der Waals surface area contributed by atoms with Crippen molar-refractivity contribution in [1.29, 1.82) is 0 Å². The van der Waals surface area contributed by atoms with Gasteiger partial charge in [0.15, 0.2) is 0 Å². The van der Waals surface area contributed by atoms with Gasteiger partial charge in [0.25, 0.3) is 5.91 Å². The Balaban J connectivity index is 2.12. The van der Waals surface area contributed by atoms with Crippen LogP contribution < -0.4 is 5.32 Å². The fourth-order valence-electron chi connectivity index (χ4n) is 2.66. The Bertz CT molecular complexity index is 943. The molecule has 0 aliphatic rings. The van der Waals surface area contributed by atoms with Crippen molar-refractivity contribution >= 4 is 16.8 Å². The molecule has 134 valence electrons. The summed E-state index contributed by atoms with van der Waals surface area (Å²) in [7, 11) is 0. The van der Waals surface area contributed by atoms with E-state index in [1.54, 1.807) is 6.20 Å². The summed E-state index contributed by atoms with van der Waals surface area (Å²) < 4.78 is 0. The van der Waals surface area contributed by atoms with Crippen molar-refractivity contribution in [1.82, 2.24) is 15.3 Å². The quantitative estimate of drug-likeness (QED) is 0.742. The molecule has 2 aromatic heterocycles. The second-order valence-corrected chi connectivity index (χ2v) is 7.85. The molecule has 1 aromatic carbocycles. The van der Waals surface area contributed by atoms with Gasteiger partial charge in [-0.3, -0.25) is 9.78 Å². The molecule has 4 heteroatoms. The van der Waals surface area contributed by atoms with E-state index < -0.39 is 0 Å². The molecule has 0 spiro atoms. The van der Waals surface area contributed by atoms with Gasteiger partial charge in [-0.15, -0.1) is 0 Å². The molecular formula is C22H25N3O. The summed E-state index contributed by atoms with van der Waals surface area (Å²) in [4.78, 5) is 22.1. The third kappa shape index (κ3) is 3.74. The van der Waals surface area contributed by atoms with Crippen molar-refractivity contribution in [3.63, 3.8) is 0 Å². The minimum absolute atomic E-state index is 0.0156. The lowest BCUT2D eigenvalue weighted by Crippen LogP contribution is -2.41. The van der Waals surface area contributed by atoms with Gasteiger partial charge in [0.05, 0.1) is 22.5 Å². The molecule has 0 saturated carbocycles. The van der Waals surface area contributed by atoms with E-state index in [2.05, 4.69) is 31.1 Å². The Kier molecular flexibility index (Phi) is 4.77. The van der Waals surface area contributed by atoms with Crippen LogP contribution in [-0.4, -0.2) is 21.9 Å². The van der Waals surface area contributed by atoms with Crippen LogP contribution >= 0.6 is 0 Å². The molecule has 0 aliphatic heterocycles. The molecule has 2 heterocycles. The largest absolute Gasteiger partial charge is 0.349 e. The standard InChI is InChI=1S/C22H25N3O/c1-14-9-10-18-16(12-14)17(21(26)24-15(2)22(3,4)5)13-20(25-18)19-8-6-7-11-23-19/h6-13,15H,1-5H3,(H,24,26)/t15-/m1/s1. The molecule has 0 unspecified atom stereocenters. The van der Waals surface area contributed by atoms with Gasteiger partial charge in [-0.25, -0.2) is 4.98 Å². The van der Waals surface area contributed by atoms with Crippen molar-refractivity contribution in [3.8, 4) is 11.4 Å². The Morgan fingerprint density at radius 2 is 1.85 bits per heavy atom. The van der Waals surface area contributed by atoms with Gasteiger partial charge in [0.2, 0.25) is 0 Å². The zero-order valence-electron chi connectivity index (χ0n) is 16.0. The minimum atomic E-state index is -0.0809. The van der Waals surface area contributed by atoms with E-state index in [0.717, 1.165) is 22.2 Å². The van der Waals surface area contributed by atoms with Crippen molar-refractivity contribution in [2.24, 2.45) is 5.41 Å². The van der Waals surface area contributed by atoms with E-state index in [1.165, 1.54) is 0 Å². The van der Waals surface area contributed by atoms with Crippen LogP contribution in [0.15, 0.2) is 48.7 Å². The van der Waals surface area contributed by atoms with Gasteiger partial charge in [-0.05, 0) is 49.6 Å². The minimum Gasteiger partial charge on any atom is -0.349 e. The number of aromatic nitrogens is 2. The number of pyridine rings is 2. The normalized spacial score (nSPS) is 12.8. The van der Waals surface area contributed by atoms with E-state index in [0.29, 0.717) is 11.3 Å². The summed E-state index contributed by atoms with van der Waals surface area (Å²) in [6.07, 6.45) is 1.73. The second-order valence-electron chi connectivity index (χ2n) is 7.85. The average Bonchev–Trinajstić information content (AvgIpc) is 2.60. The molecule has 3 aromatic rings. The highest BCUT2D eigenvalue weighted by molar-refractivity contribution is 6.07. The van der Waals surface area contributed by atoms with E-state index in [-0.39, 0.29) is 17.4 Å². The Labute approximate surface area is 154 Å². The molecule has 3 rings (SSSR count). The fraction of sp³-hybridized carbons (Fsp3) is 0.318. The third-order valence-corrected chi connectivity index (χ3v) is 4.78. The molecule has 1 N–H and O–H groups in total. The van der Waals surface area contributed by atoms with Gasteiger partial charge < -0.3 is 5.32 Å². The molecule has 26 heavy (non-hydrogen) atoms. The van der Waals surface area contributed by atoms with Crippen molar-refractivity contribution < 1.29 is 4.79 Å². The topological polar surface area (TPSA) is 54.9 Å². The van der Waals surface area contributed by atoms with Gasteiger partial charge in [-0.2, -0.15) is 0 Å². The number of aryl methyl sites for hydroxylation is 1. The summed E-state index contributed by atoms with van der Waals surface area (Å²) in [5, 5.41) is 4.00. The van der Waals surface area contributed by atoms with E-state index in [1.807, 2.05) is 56.3 Å². The van der Waals surface area contributed by atoms with Crippen LogP contribution in [0.3, 0.4) is 0 Å². The number of carbonyl (C=O) groups is 1. The molecule has 0 aliphatic carbocycles. The zero-order chi connectivity index (χ0) is 18.9. The van der Waals surface area contributed by atoms with Gasteiger partial charge in [-0.1, -0.05) is 38.5 Å². The number of nitrogens with one attached hydrogen (secondary N) is 1. The van der Waals surface area contributed by atoms with Gasteiger partial charge >= 0.3 is 0 Å². The van der Waals surface area contributed by atoms with Crippen LogP contribution in [0.25, 0.3) is 22.3 Å². The summed E-state index contributed by atoms with van der Waals surface area (Å²) in [5.74, 6) is -0.0809.